The predicted molar refractivity (Wildman–Crippen MR) is 64.1 cm³/mol. The zero-order valence-electron chi connectivity index (χ0n) is 9.81. The van der Waals surface area contributed by atoms with E-state index in [1.807, 2.05) is 18.2 Å². The maximum Gasteiger partial charge on any atom is 0.253 e. The van der Waals surface area contributed by atoms with Crippen molar-refractivity contribution in [2.45, 2.75) is 6.54 Å². The fraction of sp³-hybridized carbons (Fsp3) is 0.417. The average molecular weight is 236 g/mol. The first-order valence-electron chi connectivity index (χ1n) is 5.51. The molecule has 17 heavy (non-hydrogen) atoms. The van der Waals surface area contributed by atoms with Crippen LogP contribution in [0.1, 0.15) is 5.56 Å². The van der Waals surface area contributed by atoms with Crippen molar-refractivity contribution in [1.29, 1.82) is 0 Å². The molecule has 1 aromatic carbocycles. The number of ether oxygens (including phenoxy) is 2. The summed E-state index contributed by atoms with van der Waals surface area (Å²) in [6.45, 7) is 1.68. The van der Waals surface area contributed by atoms with E-state index in [-0.39, 0.29) is 12.5 Å². The van der Waals surface area contributed by atoms with Gasteiger partial charge in [0.05, 0.1) is 19.4 Å². The Labute approximate surface area is 100 Å². The molecule has 0 bridgehead atoms. The second kappa shape index (κ2) is 5.16. The van der Waals surface area contributed by atoms with Crippen molar-refractivity contribution < 1.29 is 14.3 Å². The van der Waals surface area contributed by atoms with Crippen molar-refractivity contribution in [2.24, 2.45) is 5.73 Å². The molecule has 2 N–H and O–H groups in total. The zero-order chi connectivity index (χ0) is 12.3. The van der Waals surface area contributed by atoms with E-state index < -0.39 is 0 Å². The number of hydrogen-bond donors (Lipinski definition) is 1. The summed E-state index contributed by atoms with van der Waals surface area (Å²) < 4.78 is 10.4. The Balaban J connectivity index is 2.33. The van der Waals surface area contributed by atoms with Crippen molar-refractivity contribution in [3.05, 3.63) is 23.8 Å². The lowest BCUT2D eigenvalue weighted by atomic mass is 10.1. The van der Waals surface area contributed by atoms with Crippen molar-refractivity contribution in [1.82, 2.24) is 0 Å². The van der Waals surface area contributed by atoms with Gasteiger partial charge in [0.1, 0.15) is 12.4 Å². The molecule has 0 aromatic heterocycles. The summed E-state index contributed by atoms with van der Waals surface area (Å²) in [5.74, 6) is 0.623. The van der Waals surface area contributed by atoms with Crippen LogP contribution in [0.3, 0.4) is 0 Å². The van der Waals surface area contributed by atoms with Crippen LogP contribution in [0.25, 0.3) is 0 Å². The summed E-state index contributed by atoms with van der Waals surface area (Å²) in [5, 5.41) is 0. The molecule has 1 fully saturated rings. The number of rotatable bonds is 3. The van der Waals surface area contributed by atoms with E-state index in [2.05, 4.69) is 0 Å². The lowest BCUT2D eigenvalue weighted by Gasteiger charge is -2.28. The first-order valence-corrected chi connectivity index (χ1v) is 5.51. The molecule has 0 unspecified atom stereocenters. The molecule has 1 amide bonds. The largest absolute Gasteiger partial charge is 0.495 e. The number of hydrogen-bond acceptors (Lipinski definition) is 4. The van der Waals surface area contributed by atoms with E-state index in [0.29, 0.717) is 25.4 Å². The molecular formula is C12H16N2O3. The lowest BCUT2D eigenvalue weighted by Crippen LogP contribution is -2.41. The first-order chi connectivity index (χ1) is 8.26. The number of benzene rings is 1. The fourth-order valence-electron chi connectivity index (χ4n) is 1.84. The maximum atomic E-state index is 11.7. The average Bonchev–Trinajstić information content (AvgIpc) is 2.38. The first kappa shape index (κ1) is 11.9. The van der Waals surface area contributed by atoms with E-state index >= 15 is 0 Å². The van der Waals surface area contributed by atoms with Gasteiger partial charge in [-0.1, -0.05) is 6.07 Å². The van der Waals surface area contributed by atoms with E-state index in [0.717, 1.165) is 11.3 Å². The number of amides is 1. The monoisotopic (exact) mass is 236 g/mol. The van der Waals surface area contributed by atoms with Crippen molar-refractivity contribution in [3.63, 3.8) is 0 Å². The Morgan fingerprint density at radius 2 is 2.35 bits per heavy atom. The topological polar surface area (TPSA) is 64.8 Å². The number of nitrogens with zero attached hydrogens (tertiary/aromatic N) is 1. The zero-order valence-corrected chi connectivity index (χ0v) is 9.81. The quantitative estimate of drug-likeness (QED) is 0.830. The van der Waals surface area contributed by atoms with Crippen molar-refractivity contribution >= 4 is 11.6 Å². The minimum atomic E-state index is -0.0463. The van der Waals surface area contributed by atoms with Gasteiger partial charge in [0.25, 0.3) is 5.91 Å². The van der Waals surface area contributed by atoms with Gasteiger partial charge in [0.2, 0.25) is 0 Å². The minimum Gasteiger partial charge on any atom is -0.495 e. The Bertz CT molecular complexity index is 420. The van der Waals surface area contributed by atoms with E-state index in [4.69, 9.17) is 15.2 Å². The summed E-state index contributed by atoms with van der Waals surface area (Å²) in [4.78, 5) is 13.4. The molecule has 5 nitrogen and oxygen atoms in total. The van der Waals surface area contributed by atoms with Gasteiger partial charge in [0.15, 0.2) is 0 Å². The van der Waals surface area contributed by atoms with Crippen LogP contribution in [0.15, 0.2) is 18.2 Å². The van der Waals surface area contributed by atoms with Gasteiger partial charge in [-0.25, -0.2) is 0 Å². The fourth-order valence-corrected chi connectivity index (χ4v) is 1.84. The SMILES string of the molecule is COc1cc(CN)ccc1N1CCOCC1=O. The normalized spacial score (nSPS) is 16.1. The second-order valence-corrected chi connectivity index (χ2v) is 3.81. The number of carbonyl (C=O) groups excluding carboxylic acids is 1. The number of morpholine rings is 1. The third-order valence-electron chi connectivity index (χ3n) is 2.76. The lowest BCUT2D eigenvalue weighted by molar-refractivity contribution is -0.125. The van der Waals surface area contributed by atoms with Crippen molar-refractivity contribution in [2.75, 3.05) is 31.8 Å². The molecule has 0 spiro atoms. The highest BCUT2D eigenvalue weighted by Crippen LogP contribution is 2.30. The van der Waals surface area contributed by atoms with Gasteiger partial charge in [-0.05, 0) is 17.7 Å². The molecular weight excluding hydrogens is 220 g/mol. The van der Waals surface area contributed by atoms with Gasteiger partial charge in [-0.3, -0.25) is 4.79 Å². The van der Waals surface area contributed by atoms with Crippen LogP contribution in [0.2, 0.25) is 0 Å². The minimum absolute atomic E-state index is 0.0463. The summed E-state index contributed by atoms with van der Waals surface area (Å²) in [7, 11) is 1.59. The Morgan fingerprint density at radius 3 is 3.00 bits per heavy atom. The number of nitrogens with two attached hydrogens (primary N) is 1. The number of anilines is 1. The third-order valence-corrected chi connectivity index (χ3v) is 2.76. The highest BCUT2D eigenvalue weighted by atomic mass is 16.5. The highest BCUT2D eigenvalue weighted by Gasteiger charge is 2.22. The van der Waals surface area contributed by atoms with Gasteiger partial charge in [-0.2, -0.15) is 0 Å². The van der Waals surface area contributed by atoms with Gasteiger partial charge in [0, 0.05) is 13.1 Å². The summed E-state index contributed by atoms with van der Waals surface area (Å²) in [6.07, 6.45) is 0. The molecule has 2 rings (SSSR count). The van der Waals surface area contributed by atoms with Crippen LogP contribution >= 0.6 is 0 Å². The van der Waals surface area contributed by atoms with Gasteiger partial charge in [-0.15, -0.1) is 0 Å². The molecule has 0 atom stereocenters. The molecule has 1 aliphatic heterocycles. The molecule has 0 saturated carbocycles. The van der Waals surface area contributed by atoms with Crippen LogP contribution in [-0.4, -0.2) is 32.8 Å². The standard InChI is InChI=1S/C12H16N2O3/c1-16-11-6-9(7-13)2-3-10(11)14-4-5-17-8-12(14)15/h2-3,6H,4-5,7-8,13H2,1H3. The van der Waals surface area contributed by atoms with Crippen LogP contribution in [0.5, 0.6) is 5.75 Å². The molecule has 1 heterocycles. The van der Waals surface area contributed by atoms with E-state index in [1.54, 1.807) is 12.0 Å². The van der Waals surface area contributed by atoms with Crippen LogP contribution in [0.4, 0.5) is 5.69 Å². The van der Waals surface area contributed by atoms with Crippen LogP contribution < -0.4 is 15.4 Å². The van der Waals surface area contributed by atoms with Gasteiger partial charge >= 0.3 is 0 Å². The van der Waals surface area contributed by atoms with E-state index in [9.17, 15) is 4.79 Å². The van der Waals surface area contributed by atoms with Crippen molar-refractivity contribution in [3.8, 4) is 5.75 Å². The summed E-state index contributed by atoms with van der Waals surface area (Å²) in [5.41, 5.74) is 7.33. The summed E-state index contributed by atoms with van der Waals surface area (Å²) in [6, 6.07) is 5.63. The second-order valence-electron chi connectivity index (χ2n) is 3.81. The maximum absolute atomic E-state index is 11.7. The number of methoxy groups -OCH3 is 1. The highest BCUT2D eigenvalue weighted by molar-refractivity contribution is 5.96. The molecule has 1 aliphatic rings. The van der Waals surface area contributed by atoms with Crippen LogP contribution in [0, 0.1) is 0 Å². The molecule has 0 aliphatic carbocycles. The Kier molecular flexibility index (Phi) is 3.61. The molecule has 1 saturated heterocycles. The molecule has 92 valence electrons. The molecule has 0 radical (unpaired) electrons. The Morgan fingerprint density at radius 1 is 1.53 bits per heavy atom. The predicted octanol–water partition coefficient (Wildman–Crippen LogP) is 0.517. The van der Waals surface area contributed by atoms with E-state index in [1.165, 1.54) is 0 Å². The Hall–Kier alpha value is -1.59. The third kappa shape index (κ3) is 2.40. The van der Waals surface area contributed by atoms with Gasteiger partial charge < -0.3 is 20.1 Å². The smallest absolute Gasteiger partial charge is 0.253 e. The molecule has 1 aromatic rings. The summed E-state index contributed by atoms with van der Waals surface area (Å²) >= 11 is 0. The number of carbonyl (C=O) groups is 1. The molecule has 5 heteroatoms. The van der Waals surface area contributed by atoms with Crippen LogP contribution in [-0.2, 0) is 16.1 Å².